The van der Waals surface area contributed by atoms with E-state index >= 15 is 0 Å². The van der Waals surface area contributed by atoms with Crippen LogP contribution in [0.25, 0.3) is 0 Å². The van der Waals surface area contributed by atoms with Crippen molar-refractivity contribution in [3.8, 4) is 0 Å². The Morgan fingerprint density at radius 1 is 1.29 bits per heavy atom. The molecule has 1 fully saturated rings. The quantitative estimate of drug-likeness (QED) is 0.193. The lowest BCUT2D eigenvalue weighted by Gasteiger charge is -2.35. The van der Waals surface area contributed by atoms with E-state index in [2.05, 4.69) is 71.8 Å². The van der Waals surface area contributed by atoms with Gasteiger partial charge in [0, 0.05) is 46.8 Å². The Balaban J connectivity index is 0.00000392. The molecule has 0 radical (unpaired) electrons. The van der Waals surface area contributed by atoms with Crippen LogP contribution in [0.1, 0.15) is 37.8 Å². The lowest BCUT2D eigenvalue weighted by atomic mass is 10.1. The Morgan fingerprint density at radius 2 is 1.93 bits per heavy atom. The van der Waals surface area contributed by atoms with E-state index in [0.717, 1.165) is 51.5 Å². The fraction of sp³-hybridized carbons (Fsp3) is 0.591. The van der Waals surface area contributed by atoms with Gasteiger partial charge in [-0.2, -0.15) is 0 Å². The van der Waals surface area contributed by atoms with Crippen LogP contribution in [0.2, 0.25) is 0 Å². The van der Waals surface area contributed by atoms with Gasteiger partial charge >= 0.3 is 0 Å². The van der Waals surface area contributed by atoms with Crippen LogP contribution < -0.4 is 5.32 Å². The molecule has 5 nitrogen and oxygen atoms in total. The summed E-state index contributed by atoms with van der Waals surface area (Å²) >= 11 is 0. The number of halogens is 1. The van der Waals surface area contributed by atoms with Crippen LogP contribution in [0.3, 0.4) is 0 Å². The average molecular weight is 500 g/mol. The Hall–Kier alpha value is -1.12. The van der Waals surface area contributed by atoms with E-state index < -0.39 is 0 Å². The van der Waals surface area contributed by atoms with E-state index in [1.807, 2.05) is 13.1 Å². The minimum atomic E-state index is 0. The average Bonchev–Trinajstić information content (AvgIpc) is 2.63. The molecule has 0 aromatic heterocycles. The van der Waals surface area contributed by atoms with Crippen molar-refractivity contribution in [2.24, 2.45) is 4.99 Å². The molecule has 1 aliphatic heterocycles. The molecular weight excluding hydrogens is 463 g/mol. The molecule has 2 atom stereocenters. The van der Waals surface area contributed by atoms with Crippen LogP contribution >= 0.6 is 24.0 Å². The van der Waals surface area contributed by atoms with Crippen molar-refractivity contribution in [3.05, 3.63) is 48.0 Å². The molecule has 1 saturated heterocycles. The molecule has 1 aromatic rings. The monoisotopic (exact) mass is 500 g/mol. The summed E-state index contributed by atoms with van der Waals surface area (Å²) in [5, 5.41) is 3.51. The third-order valence-corrected chi connectivity index (χ3v) is 4.92. The predicted octanol–water partition coefficient (Wildman–Crippen LogP) is 3.89. The highest BCUT2D eigenvalue weighted by molar-refractivity contribution is 14.0. The van der Waals surface area contributed by atoms with Gasteiger partial charge in [0.1, 0.15) is 0 Å². The van der Waals surface area contributed by atoms with Gasteiger partial charge < -0.3 is 15.0 Å². The van der Waals surface area contributed by atoms with Gasteiger partial charge in [0.2, 0.25) is 0 Å². The second kappa shape index (κ2) is 13.2. The molecule has 158 valence electrons. The molecule has 2 rings (SSSR count). The Morgan fingerprint density at radius 3 is 2.54 bits per heavy atom. The van der Waals surface area contributed by atoms with Gasteiger partial charge in [-0.3, -0.25) is 9.89 Å². The van der Waals surface area contributed by atoms with Gasteiger partial charge in [0.25, 0.3) is 0 Å². The van der Waals surface area contributed by atoms with Gasteiger partial charge in [-0.15, -0.1) is 30.6 Å². The Bertz CT molecular complexity index is 612. The van der Waals surface area contributed by atoms with E-state index in [4.69, 9.17) is 4.74 Å². The summed E-state index contributed by atoms with van der Waals surface area (Å²) in [6.07, 6.45) is 4.67. The molecule has 0 bridgehead atoms. The normalized spacial score (nSPS) is 20.4. The van der Waals surface area contributed by atoms with Gasteiger partial charge in [0.15, 0.2) is 5.96 Å². The molecule has 0 spiro atoms. The third-order valence-electron chi connectivity index (χ3n) is 4.92. The largest absolute Gasteiger partial charge is 0.373 e. The first kappa shape index (κ1) is 24.9. The van der Waals surface area contributed by atoms with Crippen molar-refractivity contribution in [1.29, 1.82) is 0 Å². The number of morpholine rings is 1. The van der Waals surface area contributed by atoms with Crippen LogP contribution in [0.5, 0.6) is 0 Å². The fourth-order valence-electron chi connectivity index (χ4n) is 3.68. The molecular formula is C22H37IN4O. The number of nitrogens with one attached hydrogen (secondary N) is 1. The van der Waals surface area contributed by atoms with Crippen LogP contribution in [-0.4, -0.2) is 61.7 Å². The highest BCUT2D eigenvalue weighted by Gasteiger charge is 2.22. The summed E-state index contributed by atoms with van der Waals surface area (Å²) in [5.74, 6) is 0.933. The maximum Gasteiger partial charge on any atom is 0.193 e. The Kier molecular flexibility index (Phi) is 11.7. The number of rotatable bonds is 8. The minimum Gasteiger partial charge on any atom is -0.373 e. The topological polar surface area (TPSA) is 40.1 Å². The van der Waals surface area contributed by atoms with Crippen molar-refractivity contribution < 1.29 is 4.74 Å². The molecule has 0 amide bonds. The van der Waals surface area contributed by atoms with E-state index in [0.29, 0.717) is 12.2 Å². The van der Waals surface area contributed by atoms with Crippen molar-refractivity contribution in [2.45, 2.75) is 52.0 Å². The molecule has 1 N–H and O–H groups in total. The number of ether oxygens (including phenoxy) is 1. The third kappa shape index (κ3) is 8.09. The van der Waals surface area contributed by atoms with Crippen molar-refractivity contribution in [3.63, 3.8) is 0 Å². The Labute approximate surface area is 188 Å². The summed E-state index contributed by atoms with van der Waals surface area (Å²) in [5.41, 5.74) is 2.70. The minimum absolute atomic E-state index is 0. The van der Waals surface area contributed by atoms with Gasteiger partial charge in [-0.1, -0.05) is 30.3 Å². The summed E-state index contributed by atoms with van der Waals surface area (Å²) in [4.78, 5) is 9.10. The molecule has 0 aliphatic carbocycles. The molecule has 1 aromatic carbocycles. The number of unbranched alkanes of at least 4 members (excludes halogenated alkanes) is 1. The molecule has 6 heteroatoms. The zero-order valence-corrected chi connectivity index (χ0v) is 20.2. The van der Waals surface area contributed by atoms with Crippen LogP contribution in [-0.2, 0) is 17.8 Å². The van der Waals surface area contributed by atoms with E-state index in [9.17, 15) is 0 Å². The van der Waals surface area contributed by atoms with Crippen molar-refractivity contribution in [1.82, 2.24) is 15.1 Å². The van der Waals surface area contributed by atoms with E-state index in [1.54, 1.807) is 0 Å². The van der Waals surface area contributed by atoms with Crippen LogP contribution in [0, 0.1) is 0 Å². The van der Waals surface area contributed by atoms with Gasteiger partial charge in [-0.25, -0.2) is 0 Å². The summed E-state index contributed by atoms with van der Waals surface area (Å²) in [6.45, 7) is 12.8. The maximum atomic E-state index is 5.86. The highest BCUT2D eigenvalue weighted by atomic mass is 127. The number of hydrogen-bond donors (Lipinski definition) is 1. The SMILES string of the molecule is C=CCCCN(C)C(=NC)NCc1ccccc1CN1CC(C)OC(C)C1.I. The zero-order valence-electron chi connectivity index (χ0n) is 17.9. The number of allylic oxidation sites excluding steroid dienone is 1. The van der Waals surface area contributed by atoms with Crippen LogP contribution in [0.4, 0.5) is 0 Å². The number of benzene rings is 1. The first-order valence-corrected chi connectivity index (χ1v) is 10.0. The molecule has 2 unspecified atom stereocenters. The van der Waals surface area contributed by atoms with Crippen molar-refractivity contribution >= 4 is 29.9 Å². The number of guanidine groups is 1. The smallest absolute Gasteiger partial charge is 0.193 e. The highest BCUT2D eigenvalue weighted by Crippen LogP contribution is 2.17. The second-order valence-corrected chi connectivity index (χ2v) is 7.47. The number of nitrogens with zero attached hydrogens (tertiary/aromatic N) is 3. The lowest BCUT2D eigenvalue weighted by molar-refractivity contribution is -0.0705. The van der Waals surface area contributed by atoms with Crippen LogP contribution in [0.15, 0.2) is 41.9 Å². The summed E-state index contributed by atoms with van der Waals surface area (Å²) in [6, 6.07) is 8.68. The first-order chi connectivity index (χ1) is 13.0. The van der Waals surface area contributed by atoms with Gasteiger partial charge in [0.05, 0.1) is 12.2 Å². The zero-order chi connectivity index (χ0) is 19.6. The first-order valence-electron chi connectivity index (χ1n) is 10.0. The van der Waals surface area contributed by atoms with Gasteiger partial charge in [-0.05, 0) is 37.8 Å². The summed E-state index contributed by atoms with van der Waals surface area (Å²) in [7, 11) is 3.93. The second-order valence-electron chi connectivity index (χ2n) is 7.47. The molecule has 28 heavy (non-hydrogen) atoms. The molecule has 1 heterocycles. The van der Waals surface area contributed by atoms with E-state index in [-0.39, 0.29) is 24.0 Å². The molecule has 1 aliphatic rings. The predicted molar refractivity (Wildman–Crippen MR) is 129 cm³/mol. The molecule has 0 saturated carbocycles. The summed E-state index contributed by atoms with van der Waals surface area (Å²) < 4.78 is 5.86. The maximum absolute atomic E-state index is 5.86. The number of aliphatic imine (C=N–C) groups is 1. The lowest BCUT2D eigenvalue weighted by Crippen LogP contribution is -2.45. The fourth-order valence-corrected chi connectivity index (χ4v) is 3.68. The number of hydrogen-bond acceptors (Lipinski definition) is 3. The van der Waals surface area contributed by atoms with E-state index in [1.165, 1.54) is 11.1 Å². The standard InChI is InChI=1S/C22H36N4O.HI/c1-6-7-10-13-25(5)22(23-4)24-14-20-11-8-9-12-21(20)17-26-15-18(2)27-19(3)16-26;/h6,8-9,11-12,18-19H,1,7,10,13-17H2,2-5H3,(H,23,24);1H. The van der Waals surface area contributed by atoms with Crippen molar-refractivity contribution in [2.75, 3.05) is 33.7 Å².